The molecule has 0 amide bonds. The summed E-state index contributed by atoms with van der Waals surface area (Å²) in [5.41, 5.74) is 0.849. The van der Waals surface area contributed by atoms with Gasteiger partial charge in [0.25, 0.3) is 0 Å². The lowest BCUT2D eigenvalue weighted by atomic mass is 10.1. The topological polar surface area (TPSA) is 32.3 Å². The molecule has 0 saturated carbocycles. The Bertz CT molecular complexity index is 370. The average Bonchev–Trinajstić information content (AvgIpc) is 2.73. The van der Waals surface area contributed by atoms with Gasteiger partial charge in [0.05, 0.1) is 0 Å². The Labute approximate surface area is 116 Å². The molecule has 1 fully saturated rings. The summed E-state index contributed by atoms with van der Waals surface area (Å²) in [5, 5.41) is 3.41. The predicted octanol–water partition coefficient (Wildman–Crippen LogP) is 2.33. The summed E-state index contributed by atoms with van der Waals surface area (Å²) < 4.78 is 0. The van der Waals surface area contributed by atoms with E-state index in [1.54, 1.807) is 0 Å². The van der Waals surface area contributed by atoms with Gasteiger partial charge in [0.15, 0.2) is 5.78 Å². The molecule has 1 aromatic carbocycles. The van der Waals surface area contributed by atoms with Crippen LogP contribution >= 0.6 is 0 Å². The third-order valence-electron chi connectivity index (χ3n) is 3.66. The molecule has 2 rings (SSSR count). The van der Waals surface area contributed by atoms with Crippen molar-refractivity contribution in [3.05, 3.63) is 35.9 Å². The first-order chi connectivity index (χ1) is 9.36. The summed E-state index contributed by atoms with van der Waals surface area (Å²) in [6.45, 7) is 5.71. The van der Waals surface area contributed by atoms with Crippen LogP contribution in [0.3, 0.4) is 0 Å². The lowest BCUT2D eigenvalue weighted by molar-refractivity contribution is 0.0978. The van der Waals surface area contributed by atoms with Gasteiger partial charge in [-0.15, -0.1) is 0 Å². The molecule has 3 heteroatoms. The largest absolute Gasteiger partial charge is 0.315 e. The fraction of sp³-hybridized carbons (Fsp3) is 0.562. The normalized spacial score (nSPS) is 17.1. The van der Waals surface area contributed by atoms with Crippen LogP contribution in [0.5, 0.6) is 0 Å². The van der Waals surface area contributed by atoms with Gasteiger partial charge >= 0.3 is 0 Å². The molecule has 0 aromatic heterocycles. The summed E-state index contributed by atoms with van der Waals surface area (Å²) in [6.07, 6.45) is 4.04. The second-order valence-corrected chi connectivity index (χ2v) is 5.19. The van der Waals surface area contributed by atoms with Crippen molar-refractivity contribution in [3.63, 3.8) is 0 Å². The fourth-order valence-electron chi connectivity index (χ4n) is 2.51. The van der Waals surface area contributed by atoms with Crippen LogP contribution in [0.2, 0.25) is 0 Å². The Kier molecular flexibility index (Phi) is 6.05. The number of nitrogens with zero attached hydrogens (tertiary/aromatic N) is 1. The van der Waals surface area contributed by atoms with Crippen molar-refractivity contribution in [1.29, 1.82) is 0 Å². The number of Topliss-reactive ketones (excluding diaryl/α,β-unsaturated/α-hetero) is 1. The van der Waals surface area contributed by atoms with E-state index in [-0.39, 0.29) is 5.78 Å². The van der Waals surface area contributed by atoms with Gasteiger partial charge in [0, 0.05) is 25.1 Å². The quantitative estimate of drug-likeness (QED) is 0.629. The molecule has 1 aliphatic heterocycles. The van der Waals surface area contributed by atoms with Crippen molar-refractivity contribution >= 4 is 5.78 Å². The SMILES string of the molecule is O=C(CCCCN1CCCNCC1)c1ccccc1. The van der Waals surface area contributed by atoms with Crippen LogP contribution in [-0.4, -0.2) is 43.4 Å². The number of hydrogen-bond acceptors (Lipinski definition) is 3. The van der Waals surface area contributed by atoms with Crippen LogP contribution in [0.1, 0.15) is 36.0 Å². The molecule has 0 bridgehead atoms. The first-order valence-corrected chi connectivity index (χ1v) is 7.37. The second kappa shape index (κ2) is 8.08. The number of carbonyl (C=O) groups excluding carboxylic acids is 1. The zero-order chi connectivity index (χ0) is 13.3. The van der Waals surface area contributed by atoms with E-state index in [1.807, 2.05) is 30.3 Å². The number of unbranched alkanes of at least 4 members (excludes halogenated alkanes) is 1. The Morgan fingerprint density at radius 3 is 2.79 bits per heavy atom. The number of carbonyl (C=O) groups is 1. The highest BCUT2D eigenvalue weighted by Crippen LogP contribution is 2.07. The zero-order valence-electron chi connectivity index (χ0n) is 11.6. The molecule has 0 unspecified atom stereocenters. The van der Waals surface area contributed by atoms with Crippen molar-refractivity contribution < 1.29 is 4.79 Å². The van der Waals surface area contributed by atoms with Crippen LogP contribution in [0.4, 0.5) is 0 Å². The third kappa shape index (κ3) is 5.13. The molecular weight excluding hydrogens is 236 g/mol. The highest BCUT2D eigenvalue weighted by Gasteiger charge is 2.09. The standard InChI is InChI=1S/C16H24N2O/c19-16(15-7-2-1-3-8-15)9-4-5-12-18-13-6-10-17-11-14-18/h1-3,7-8,17H,4-6,9-14H2. The second-order valence-electron chi connectivity index (χ2n) is 5.19. The van der Waals surface area contributed by atoms with Gasteiger partial charge in [-0.3, -0.25) is 4.79 Å². The Morgan fingerprint density at radius 1 is 1.11 bits per heavy atom. The number of rotatable bonds is 6. The van der Waals surface area contributed by atoms with Gasteiger partial charge in [0.1, 0.15) is 0 Å². The lowest BCUT2D eigenvalue weighted by Crippen LogP contribution is -2.29. The summed E-state index contributed by atoms with van der Waals surface area (Å²) in [5.74, 6) is 0.276. The van der Waals surface area contributed by atoms with Crippen molar-refractivity contribution in [2.24, 2.45) is 0 Å². The van der Waals surface area contributed by atoms with E-state index in [1.165, 1.54) is 13.0 Å². The molecule has 0 radical (unpaired) electrons. The van der Waals surface area contributed by atoms with Crippen molar-refractivity contribution in [2.45, 2.75) is 25.7 Å². The number of nitrogens with one attached hydrogen (secondary N) is 1. The summed E-state index contributed by atoms with van der Waals surface area (Å²) >= 11 is 0. The minimum Gasteiger partial charge on any atom is -0.315 e. The monoisotopic (exact) mass is 260 g/mol. The Hall–Kier alpha value is -1.19. The average molecular weight is 260 g/mol. The molecule has 1 N–H and O–H groups in total. The first-order valence-electron chi connectivity index (χ1n) is 7.37. The molecular formula is C16H24N2O. The molecule has 1 aromatic rings. The van der Waals surface area contributed by atoms with E-state index in [2.05, 4.69) is 10.2 Å². The minimum absolute atomic E-state index is 0.276. The summed E-state index contributed by atoms with van der Waals surface area (Å²) in [7, 11) is 0. The van der Waals surface area contributed by atoms with E-state index in [0.717, 1.165) is 44.6 Å². The minimum atomic E-state index is 0.276. The number of ketones is 1. The lowest BCUT2D eigenvalue weighted by Gasteiger charge is -2.18. The van der Waals surface area contributed by atoms with E-state index in [9.17, 15) is 4.79 Å². The van der Waals surface area contributed by atoms with Crippen LogP contribution in [0.25, 0.3) is 0 Å². The van der Waals surface area contributed by atoms with Gasteiger partial charge in [-0.05, 0) is 38.9 Å². The Balaban J connectivity index is 1.62. The summed E-state index contributed by atoms with van der Waals surface area (Å²) in [6, 6.07) is 9.62. The highest BCUT2D eigenvalue weighted by molar-refractivity contribution is 5.95. The van der Waals surface area contributed by atoms with E-state index in [4.69, 9.17) is 0 Å². The van der Waals surface area contributed by atoms with Crippen LogP contribution in [-0.2, 0) is 0 Å². The molecule has 1 saturated heterocycles. The van der Waals surface area contributed by atoms with E-state index < -0.39 is 0 Å². The molecule has 0 spiro atoms. The van der Waals surface area contributed by atoms with Crippen molar-refractivity contribution in [1.82, 2.24) is 10.2 Å². The molecule has 104 valence electrons. The fourth-order valence-corrected chi connectivity index (χ4v) is 2.51. The van der Waals surface area contributed by atoms with E-state index >= 15 is 0 Å². The Morgan fingerprint density at radius 2 is 1.95 bits per heavy atom. The predicted molar refractivity (Wildman–Crippen MR) is 78.6 cm³/mol. The van der Waals surface area contributed by atoms with Crippen LogP contribution in [0.15, 0.2) is 30.3 Å². The third-order valence-corrected chi connectivity index (χ3v) is 3.66. The van der Waals surface area contributed by atoms with Gasteiger partial charge in [-0.1, -0.05) is 30.3 Å². The maximum absolute atomic E-state index is 11.9. The number of benzene rings is 1. The maximum Gasteiger partial charge on any atom is 0.162 e. The first kappa shape index (κ1) is 14.2. The molecule has 3 nitrogen and oxygen atoms in total. The van der Waals surface area contributed by atoms with Crippen molar-refractivity contribution in [3.8, 4) is 0 Å². The van der Waals surface area contributed by atoms with E-state index in [0.29, 0.717) is 6.42 Å². The smallest absolute Gasteiger partial charge is 0.162 e. The molecule has 0 aliphatic carbocycles. The van der Waals surface area contributed by atoms with Crippen LogP contribution < -0.4 is 5.32 Å². The maximum atomic E-state index is 11.9. The zero-order valence-corrected chi connectivity index (χ0v) is 11.6. The van der Waals surface area contributed by atoms with Gasteiger partial charge in [-0.2, -0.15) is 0 Å². The van der Waals surface area contributed by atoms with Gasteiger partial charge in [-0.25, -0.2) is 0 Å². The molecule has 1 aliphatic rings. The molecule has 19 heavy (non-hydrogen) atoms. The van der Waals surface area contributed by atoms with Crippen LogP contribution in [0, 0.1) is 0 Å². The molecule has 1 heterocycles. The van der Waals surface area contributed by atoms with Gasteiger partial charge < -0.3 is 10.2 Å². The van der Waals surface area contributed by atoms with Crippen molar-refractivity contribution in [2.75, 3.05) is 32.7 Å². The highest BCUT2D eigenvalue weighted by atomic mass is 16.1. The summed E-state index contributed by atoms with van der Waals surface area (Å²) in [4.78, 5) is 14.4. The number of hydrogen-bond donors (Lipinski definition) is 1. The molecule has 0 atom stereocenters. The van der Waals surface area contributed by atoms with Gasteiger partial charge in [0.2, 0.25) is 0 Å².